The first-order valence-electron chi connectivity index (χ1n) is 8.53. The summed E-state index contributed by atoms with van der Waals surface area (Å²) in [6, 6.07) is 0.314. The Kier molecular flexibility index (Phi) is 5.52. The number of aromatic nitrogens is 1. The lowest BCUT2D eigenvalue weighted by Crippen LogP contribution is -2.33. The van der Waals surface area contributed by atoms with Crippen molar-refractivity contribution < 1.29 is 45.1 Å². The van der Waals surface area contributed by atoms with Crippen LogP contribution in [-0.2, 0) is 23.6 Å². The van der Waals surface area contributed by atoms with E-state index in [2.05, 4.69) is 9.72 Å². The molecule has 0 N–H and O–H groups in total. The number of alkyl halides is 6. The van der Waals surface area contributed by atoms with Gasteiger partial charge in [0, 0.05) is 11.6 Å². The highest BCUT2D eigenvalue weighted by Crippen LogP contribution is 2.37. The van der Waals surface area contributed by atoms with Crippen LogP contribution in [-0.4, -0.2) is 34.9 Å². The number of nitrogens with zero attached hydrogens (tertiary/aromatic N) is 2. The lowest BCUT2D eigenvalue weighted by Gasteiger charge is -2.22. The second-order valence-electron chi connectivity index (χ2n) is 6.58. The maximum atomic E-state index is 13.1. The highest BCUT2D eigenvalue weighted by molar-refractivity contribution is 5.95. The van der Waals surface area contributed by atoms with Crippen LogP contribution in [0.1, 0.15) is 50.7 Å². The molecular formula is C18H14F6N2O4. The molecule has 6 nitrogen and oxygen atoms in total. The number of halogens is 6. The number of benzene rings is 1. The van der Waals surface area contributed by atoms with Crippen molar-refractivity contribution in [2.75, 3.05) is 7.11 Å². The van der Waals surface area contributed by atoms with Gasteiger partial charge in [-0.3, -0.25) is 4.79 Å². The van der Waals surface area contributed by atoms with Crippen LogP contribution in [0, 0.1) is 0 Å². The summed E-state index contributed by atoms with van der Waals surface area (Å²) in [5, 5.41) is 0. The third kappa shape index (κ3) is 4.74. The van der Waals surface area contributed by atoms with E-state index in [0.29, 0.717) is 25.0 Å². The molecule has 1 amide bonds. The lowest BCUT2D eigenvalue weighted by atomic mass is 10.0. The number of amides is 1. The summed E-state index contributed by atoms with van der Waals surface area (Å²) in [5.74, 6) is -1.95. The van der Waals surface area contributed by atoms with Gasteiger partial charge < -0.3 is 14.1 Å². The summed E-state index contributed by atoms with van der Waals surface area (Å²) in [5.41, 5.74) is -4.11. The van der Waals surface area contributed by atoms with Gasteiger partial charge in [0.05, 0.1) is 24.8 Å². The first-order valence-corrected chi connectivity index (χ1v) is 8.53. The monoisotopic (exact) mass is 436 g/mol. The molecule has 2 aromatic rings. The van der Waals surface area contributed by atoms with Crippen molar-refractivity contribution in [3.8, 4) is 0 Å². The highest BCUT2D eigenvalue weighted by atomic mass is 19.4. The van der Waals surface area contributed by atoms with E-state index in [9.17, 15) is 35.9 Å². The van der Waals surface area contributed by atoms with Gasteiger partial charge in [-0.15, -0.1) is 0 Å². The van der Waals surface area contributed by atoms with Gasteiger partial charge >= 0.3 is 18.3 Å². The first-order chi connectivity index (χ1) is 13.9. The molecule has 0 spiro atoms. The van der Waals surface area contributed by atoms with E-state index < -0.39 is 47.0 Å². The third-order valence-corrected chi connectivity index (χ3v) is 4.34. The van der Waals surface area contributed by atoms with Crippen LogP contribution >= 0.6 is 0 Å². The molecule has 12 heteroatoms. The van der Waals surface area contributed by atoms with Crippen molar-refractivity contribution >= 4 is 11.9 Å². The summed E-state index contributed by atoms with van der Waals surface area (Å²) in [6.45, 7) is -0.335. The van der Waals surface area contributed by atoms with Crippen LogP contribution in [0.4, 0.5) is 26.3 Å². The Morgan fingerprint density at radius 2 is 1.67 bits per heavy atom. The Labute approximate surface area is 165 Å². The van der Waals surface area contributed by atoms with Crippen LogP contribution in [0.5, 0.6) is 0 Å². The molecular weight excluding hydrogens is 422 g/mol. The zero-order valence-corrected chi connectivity index (χ0v) is 15.3. The Hall–Kier alpha value is -3.05. The predicted octanol–water partition coefficient (Wildman–Crippen LogP) is 4.30. The van der Waals surface area contributed by atoms with Crippen molar-refractivity contribution in [1.82, 2.24) is 9.88 Å². The van der Waals surface area contributed by atoms with Crippen molar-refractivity contribution in [3.63, 3.8) is 0 Å². The molecule has 1 aromatic heterocycles. The number of esters is 1. The van der Waals surface area contributed by atoms with Gasteiger partial charge in [0.2, 0.25) is 5.89 Å². The minimum Gasteiger partial charge on any atom is -0.464 e. The number of methoxy groups -OCH3 is 1. The number of hydrogen-bond donors (Lipinski definition) is 0. The molecule has 0 radical (unpaired) electrons. The molecule has 1 fully saturated rings. The van der Waals surface area contributed by atoms with Crippen LogP contribution in [0.15, 0.2) is 28.9 Å². The van der Waals surface area contributed by atoms with Gasteiger partial charge in [-0.05, 0) is 31.0 Å². The van der Waals surface area contributed by atoms with E-state index in [1.807, 2.05) is 0 Å². The maximum Gasteiger partial charge on any atom is 0.416 e. The molecule has 0 saturated heterocycles. The van der Waals surface area contributed by atoms with Gasteiger partial charge in [-0.2, -0.15) is 26.3 Å². The van der Waals surface area contributed by atoms with Crippen molar-refractivity contribution in [2.24, 2.45) is 0 Å². The molecule has 0 unspecified atom stereocenters. The van der Waals surface area contributed by atoms with Crippen LogP contribution < -0.4 is 0 Å². The van der Waals surface area contributed by atoms with E-state index in [-0.39, 0.29) is 24.2 Å². The van der Waals surface area contributed by atoms with Gasteiger partial charge in [-0.1, -0.05) is 0 Å². The van der Waals surface area contributed by atoms with Crippen molar-refractivity contribution in [2.45, 2.75) is 37.8 Å². The van der Waals surface area contributed by atoms with Crippen molar-refractivity contribution in [1.29, 1.82) is 0 Å². The van der Waals surface area contributed by atoms with Gasteiger partial charge in [0.15, 0.2) is 5.69 Å². The third-order valence-electron chi connectivity index (χ3n) is 4.34. The van der Waals surface area contributed by atoms with Crippen LogP contribution in [0.2, 0.25) is 0 Å². The molecule has 1 saturated carbocycles. The summed E-state index contributed by atoms with van der Waals surface area (Å²) < 4.78 is 88.0. The Morgan fingerprint density at radius 3 is 2.13 bits per heavy atom. The van der Waals surface area contributed by atoms with Gasteiger partial charge in [0.1, 0.15) is 6.26 Å². The molecule has 1 aliphatic carbocycles. The summed E-state index contributed by atoms with van der Waals surface area (Å²) in [4.78, 5) is 29.2. The number of ether oxygens (including phenoxy) is 1. The molecule has 30 heavy (non-hydrogen) atoms. The topological polar surface area (TPSA) is 72.6 Å². The highest BCUT2D eigenvalue weighted by Gasteiger charge is 2.40. The maximum absolute atomic E-state index is 13.1. The molecule has 162 valence electrons. The lowest BCUT2D eigenvalue weighted by molar-refractivity contribution is -0.143. The number of carbonyl (C=O) groups excluding carboxylic acids is 2. The minimum atomic E-state index is -5.07. The number of rotatable bonds is 5. The Bertz CT molecular complexity index is 930. The fourth-order valence-corrected chi connectivity index (χ4v) is 2.72. The van der Waals surface area contributed by atoms with Crippen molar-refractivity contribution in [3.05, 3.63) is 52.7 Å². The smallest absolute Gasteiger partial charge is 0.416 e. The molecule has 0 bridgehead atoms. The summed E-state index contributed by atoms with van der Waals surface area (Å²) >= 11 is 0. The standard InChI is InChI=1S/C18H14F6N2O4/c1-29-16(28)13-8-30-14(25-13)7-26(12-2-3-12)15(27)9-4-10(17(19,20)21)6-11(5-9)18(22,23)24/h4-6,8,12H,2-3,7H2,1H3. The molecule has 1 aromatic carbocycles. The predicted molar refractivity (Wildman–Crippen MR) is 87.2 cm³/mol. The second-order valence-corrected chi connectivity index (χ2v) is 6.58. The normalized spacial score (nSPS) is 14.5. The molecule has 3 rings (SSSR count). The summed E-state index contributed by atoms with van der Waals surface area (Å²) in [7, 11) is 1.11. The quantitative estimate of drug-likeness (QED) is 0.516. The zero-order chi connectivity index (χ0) is 22.3. The van der Waals surface area contributed by atoms with E-state index in [4.69, 9.17) is 4.42 Å². The average Bonchev–Trinajstić information content (AvgIpc) is 3.40. The van der Waals surface area contributed by atoms with E-state index >= 15 is 0 Å². The number of hydrogen-bond acceptors (Lipinski definition) is 5. The fourth-order valence-electron chi connectivity index (χ4n) is 2.72. The fraction of sp³-hybridized carbons (Fsp3) is 0.389. The summed E-state index contributed by atoms with van der Waals surface area (Å²) in [6.07, 6.45) is -8.14. The largest absolute Gasteiger partial charge is 0.464 e. The van der Waals surface area contributed by atoms with Crippen LogP contribution in [0.3, 0.4) is 0 Å². The SMILES string of the molecule is COC(=O)c1coc(CN(C(=O)c2cc(C(F)(F)F)cc(C(F)(F)F)c2)C2CC2)n1. The second kappa shape index (κ2) is 7.65. The Morgan fingerprint density at radius 1 is 1.10 bits per heavy atom. The van der Waals surface area contributed by atoms with Crippen LogP contribution in [0.25, 0.3) is 0 Å². The zero-order valence-electron chi connectivity index (χ0n) is 15.3. The number of carbonyl (C=O) groups is 2. The number of oxazole rings is 1. The molecule has 0 atom stereocenters. The van der Waals surface area contributed by atoms with Gasteiger partial charge in [-0.25, -0.2) is 9.78 Å². The Balaban J connectivity index is 1.94. The van der Waals surface area contributed by atoms with E-state index in [1.165, 1.54) is 0 Å². The molecule has 0 aliphatic heterocycles. The van der Waals surface area contributed by atoms with E-state index in [0.717, 1.165) is 18.3 Å². The molecule has 1 heterocycles. The average molecular weight is 436 g/mol. The first kappa shape index (κ1) is 21.7. The minimum absolute atomic E-state index is 0.0467. The molecule has 1 aliphatic rings. The van der Waals surface area contributed by atoms with E-state index in [1.54, 1.807) is 0 Å². The van der Waals surface area contributed by atoms with Gasteiger partial charge in [0.25, 0.3) is 5.91 Å².